The molecular weight excluding hydrogens is 236 g/mol. The minimum Gasteiger partial charge on any atom is -0.368 e. The molecule has 1 saturated heterocycles. The maximum atomic E-state index is 6.29. The van der Waals surface area contributed by atoms with Crippen LogP contribution < -0.4 is 5.32 Å². The fourth-order valence-corrected chi connectivity index (χ4v) is 3.79. The second kappa shape index (κ2) is 5.34. The number of ether oxygens (including phenoxy) is 1. The van der Waals surface area contributed by atoms with Gasteiger partial charge in [-0.3, -0.25) is 0 Å². The van der Waals surface area contributed by atoms with E-state index in [-0.39, 0.29) is 11.2 Å². The van der Waals surface area contributed by atoms with Crippen molar-refractivity contribution in [1.29, 1.82) is 0 Å². The Morgan fingerprint density at radius 3 is 2.05 bits per heavy atom. The minimum atomic E-state index is -0.106. The lowest BCUT2D eigenvalue weighted by molar-refractivity contribution is -0.0793. The molecule has 0 saturated carbocycles. The number of nitrogens with one attached hydrogen (secondary N) is 1. The second-order valence-corrected chi connectivity index (χ2v) is 8.44. The molecule has 2 atom stereocenters. The van der Waals surface area contributed by atoms with Gasteiger partial charge < -0.3 is 15.0 Å². The van der Waals surface area contributed by atoms with Gasteiger partial charge in [-0.05, 0) is 47.2 Å². The van der Waals surface area contributed by atoms with Crippen LogP contribution in [-0.4, -0.2) is 49.3 Å². The zero-order chi connectivity index (χ0) is 15.1. The number of hydrogen-bond acceptors (Lipinski definition) is 3. The number of likely N-dealkylation sites (N-methyl/N-ethyl adjacent to an activating group) is 1. The van der Waals surface area contributed by atoms with E-state index in [1.165, 1.54) is 0 Å². The summed E-state index contributed by atoms with van der Waals surface area (Å²) in [5.41, 5.74) is 0.151. The topological polar surface area (TPSA) is 24.5 Å². The van der Waals surface area contributed by atoms with Gasteiger partial charge in [0.25, 0.3) is 0 Å². The van der Waals surface area contributed by atoms with Crippen LogP contribution in [0.1, 0.15) is 48.5 Å². The van der Waals surface area contributed by atoms with Crippen molar-refractivity contribution in [3.05, 3.63) is 0 Å². The highest BCUT2D eigenvalue weighted by atomic mass is 16.5. The van der Waals surface area contributed by atoms with Crippen LogP contribution >= 0.6 is 0 Å². The second-order valence-electron chi connectivity index (χ2n) is 8.44. The maximum Gasteiger partial charge on any atom is 0.0790 e. The van der Waals surface area contributed by atoms with Crippen LogP contribution in [0.3, 0.4) is 0 Å². The molecule has 1 aliphatic rings. The Morgan fingerprint density at radius 1 is 1.11 bits per heavy atom. The van der Waals surface area contributed by atoms with Crippen molar-refractivity contribution in [3.8, 4) is 0 Å². The molecule has 0 aromatic heterocycles. The summed E-state index contributed by atoms with van der Waals surface area (Å²) >= 11 is 0. The molecule has 0 aromatic carbocycles. The average Bonchev–Trinajstić information content (AvgIpc) is 2.27. The molecule has 3 heteroatoms. The van der Waals surface area contributed by atoms with Crippen LogP contribution in [0.4, 0.5) is 0 Å². The lowest BCUT2D eigenvalue weighted by Crippen LogP contribution is -2.49. The van der Waals surface area contributed by atoms with Gasteiger partial charge >= 0.3 is 0 Å². The fraction of sp³-hybridized carbons (Fsp3) is 1.00. The Labute approximate surface area is 120 Å². The van der Waals surface area contributed by atoms with Crippen molar-refractivity contribution in [2.24, 2.45) is 11.3 Å². The summed E-state index contributed by atoms with van der Waals surface area (Å²) < 4.78 is 6.29. The average molecular weight is 270 g/mol. The summed E-state index contributed by atoms with van der Waals surface area (Å²) in [7, 11) is 4.27. The molecule has 0 spiro atoms. The summed E-state index contributed by atoms with van der Waals surface area (Å²) in [5, 5.41) is 3.48. The van der Waals surface area contributed by atoms with Crippen molar-refractivity contribution in [1.82, 2.24) is 10.2 Å². The molecule has 1 rings (SSSR count). The first kappa shape index (κ1) is 16.9. The molecule has 1 aliphatic heterocycles. The standard InChI is InChI=1S/C16H34N2O/c1-14(2,3)11-18(9)10-12-13(17-8)16(6,7)19-15(12,4)5/h12-13,17H,10-11H2,1-9H3. The van der Waals surface area contributed by atoms with E-state index in [4.69, 9.17) is 4.74 Å². The molecule has 0 aromatic rings. The van der Waals surface area contributed by atoms with Crippen molar-refractivity contribution in [3.63, 3.8) is 0 Å². The first-order valence-electron chi connectivity index (χ1n) is 7.45. The third-order valence-electron chi connectivity index (χ3n) is 4.13. The molecule has 0 bridgehead atoms. The smallest absolute Gasteiger partial charge is 0.0790 e. The monoisotopic (exact) mass is 270 g/mol. The number of rotatable bonds is 4. The SMILES string of the molecule is CNC1C(CN(C)CC(C)(C)C)C(C)(C)OC1(C)C. The van der Waals surface area contributed by atoms with E-state index < -0.39 is 0 Å². The summed E-state index contributed by atoms with van der Waals surface area (Å²) in [6.45, 7) is 17.9. The Hall–Kier alpha value is -0.120. The first-order chi connectivity index (χ1) is 8.39. The predicted octanol–water partition coefficient (Wildman–Crippen LogP) is 2.76. The largest absolute Gasteiger partial charge is 0.368 e. The maximum absolute atomic E-state index is 6.29. The van der Waals surface area contributed by atoms with Gasteiger partial charge in [0.15, 0.2) is 0 Å². The number of nitrogens with zero attached hydrogens (tertiary/aromatic N) is 1. The van der Waals surface area contributed by atoms with Crippen LogP contribution in [0.15, 0.2) is 0 Å². The Bertz CT molecular complexity index is 304. The summed E-state index contributed by atoms with van der Waals surface area (Å²) in [6.07, 6.45) is 0. The quantitative estimate of drug-likeness (QED) is 0.850. The Balaban J connectivity index is 2.80. The summed E-state index contributed by atoms with van der Waals surface area (Å²) in [6, 6.07) is 0.393. The van der Waals surface area contributed by atoms with Crippen LogP contribution in [0.2, 0.25) is 0 Å². The van der Waals surface area contributed by atoms with Gasteiger partial charge in [0, 0.05) is 25.0 Å². The van der Waals surface area contributed by atoms with E-state index in [9.17, 15) is 0 Å². The highest BCUT2D eigenvalue weighted by Crippen LogP contribution is 2.42. The zero-order valence-electron chi connectivity index (χ0n) is 14.4. The minimum absolute atomic E-state index is 0.0800. The van der Waals surface area contributed by atoms with E-state index in [1.54, 1.807) is 0 Å². The summed E-state index contributed by atoms with van der Waals surface area (Å²) in [5.74, 6) is 0.500. The zero-order valence-corrected chi connectivity index (χ0v) is 14.4. The van der Waals surface area contributed by atoms with E-state index in [1.807, 2.05) is 7.05 Å². The molecule has 1 heterocycles. The third kappa shape index (κ3) is 4.17. The van der Waals surface area contributed by atoms with Gasteiger partial charge in [0.2, 0.25) is 0 Å². The molecule has 19 heavy (non-hydrogen) atoms. The van der Waals surface area contributed by atoms with Crippen LogP contribution in [0.5, 0.6) is 0 Å². The molecule has 1 fully saturated rings. The number of hydrogen-bond donors (Lipinski definition) is 1. The molecule has 2 unspecified atom stereocenters. The fourth-order valence-electron chi connectivity index (χ4n) is 3.79. The molecule has 0 radical (unpaired) electrons. The van der Waals surface area contributed by atoms with Crippen molar-refractivity contribution >= 4 is 0 Å². The lowest BCUT2D eigenvalue weighted by Gasteiger charge is -2.35. The van der Waals surface area contributed by atoms with E-state index >= 15 is 0 Å². The Kier molecular flexibility index (Phi) is 4.76. The van der Waals surface area contributed by atoms with Crippen molar-refractivity contribution in [2.45, 2.75) is 65.7 Å². The molecule has 0 amide bonds. The lowest BCUT2D eigenvalue weighted by atomic mass is 9.82. The molecule has 0 aliphatic carbocycles. The van der Waals surface area contributed by atoms with Gasteiger partial charge in [0.1, 0.15) is 0 Å². The van der Waals surface area contributed by atoms with Crippen LogP contribution in [0.25, 0.3) is 0 Å². The van der Waals surface area contributed by atoms with Gasteiger partial charge in [-0.15, -0.1) is 0 Å². The van der Waals surface area contributed by atoms with Gasteiger partial charge in [0.05, 0.1) is 11.2 Å². The summed E-state index contributed by atoms with van der Waals surface area (Å²) in [4.78, 5) is 2.45. The van der Waals surface area contributed by atoms with Gasteiger partial charge in [-0.25, -0.2) is 0 Å². The molecular formula is C16H34N2O. The normalized spacial score (nSPS) is 30.0. The predicted molar refractivity (Wildman–Crippen MR) is 82.5 cm³/mol. The molecule has 3 nitrogen and oxygen atoms in total. The van der Waals surface area contributed by atoms with Crippen LogP contribution in [0, 0.1) is 11.3 Å². The van der Waals surface area contributed by atoms with Gasteiger partial charge in [-0.2, -0.15) is 0 Å². The van der Waals surface area contributed by atoms with E-state index in [0.29, 0.717) is 17.4 Å². The van der Waals surface area contributed by atoms with Crippen LogP contribution in [-0.2, 0) is 4.74 Å². The molecule has 114 valence electrons. The first-order valence-corrected chi connectivity index (χ1v) is 7.45. The van der Waals surface area contributed by atoms with Crippen molar-refractivity contribution < 1.29 is 4.74 Å². The highest BCUT2D eigenvalue weighted by molar-refractivity contribution is 5.05. The van der Waals surface area contributed by atoms with E-state index in [2.05, 4.69) is 65.7 Å². The van der Waals surface area contributed by atoms with E-state index in [0.717, 1.165) is 13.1 Å². The Morgan fingerprint density at radius 2 is 1.63 bits per heavy atom. The van der Waals surface area contributed by atoms with Gasteiger partial charge in [-0.1, -0.05) is 20.8 Å². The molecule has 1 N–H and O–H groups in total. The third-order valence-corrected chi connectivity index (χ3v) is 4.13. The highest BCUT2D eigenvalue weighted by Gasteiger charge is 2.53. The van der Waals surface area contributed by atoms with Crippen molar-refractivity contribution in [2.75, 3.05) is 27.2 Å².